The molecule has 2 N–H and O–H groups in total. The van der Waals surface area contributed by atoms with Gasteiger partial charge in [-0.2, -0.15) is 26.3 Å². The van der Waals surface area contributed by atoms with Gasteiger partial charge in [0.2, 0.25) is 5.36 Å². The summed E-state index contributed by atoms with van der Waals surface area (Å²) < 4.78 is 131. The summed E-state index contributed by atoms with van der Waals surface area (Å²) >= 11 is 0. The number of alkyl halides is 6. The highest BCUT2D eigenvalue weighted by molar-refractivity contribution is 8.13. The van der Waals surface area contributed by atoms with E-state index >= 15 is 0 Å². The van der Waals surface area contributed by atoms with Gasteiger partial charge in [-0.25, -0.2) is 31.0 Å². The van der Waals surface area contributed by atoms with Crippen LogP contribution in [-0.4, -0.2) is 82.8 Å². The lowest BCUT2D eigenvalue weighted by Gasteiger charge is -2.38. The Kier molecular flexibility index (Phi) is 17.2. The lowest BCUT2D eigenvalue weighted by Crippen LogP contribution is -2.33. The second-order valence-electron chi connectivity index (χ2n) is 18.3. The van der Waals surface area contributed by atoms with Gasteiger partial charge in [-0.3, -0.25) is 0 Å². The number of aliphatic hydroxyl groups is 1. The fraction of sp³-hybridized carbons (Fsp3) is 0.217. The number of sulfonamides is 2. The lowest BCUT2D eigenvalue weighted by atomic mass is 9.76. The van der Waals surface area contributed by atoms with Crippen molar-refractivity contribution in [2.24, 2.45) is 0 Å². The molecule has 0 saturated carbocycles. The number of aromatic carboxylic acids is 1. The van der Waals surface area contributed by atoms with Crippen molar-refractivity contribution in [3.05, 3.63) is 195 Å². The van der Waals surface area contributed by atoms with Crippen LogP contribution >= 0.6 is 0 Å². The average molecular weight is 1170 g/mol. The number of carboxylic acids is 1. The van der Waals surface area contributed by atoms with Crippen LogP contribution in [0.3, 0.4) is 0 Å². The number of hydrogen-bond donors (Lipinski definition) is 2. The number of benzene rings is 8. The van der Waals surface area contributed by atoms with E-state index in [-0.39, 0.29) is 18.1 Å². The highest BCUT2D eigenvalue weighted by Crippen LogP contribution is 2.58. The number of carbonyl (C=O) groups excluding carboxylic acids is 1. The topological polar surface area (TPSA) is 195 Å². The van der Waals surface area contributed by atoms with Gasteiger partial charge in [0.25, 0.3) is 0 Å². The zero-order valence-electron chi connectivity index (χ0n) is 44.5. The Morgan fingerprint density at radius 2 is 1.20 bits per heavy atom. The Hall–Kier alpha value is -8.31. The number of anilines is 1. The first-order chi connectivity index (χ1) is 38.9. The van der Waals surface area contributed by atoms with E-state index in [2.05, 4.69) is 104 Å². The molecule has 1 atom stereocenters. The molecule has 0 bridgehead atoms. The molecule has 4 aliphatic rings. The second-order valence-corrected chi connectivity index (χ2v) is 21.7. The van der Waals surface area contributed by atoms with Gasteiger partial charge in [-0.1, -0.05) is 97.1 Å². The third-order valence-corrected chi connectivity index (χ3v) is 16.4. The van der Waals surface area contributed by atoms with Crippen molar-refractivity contribution in [1.82, 2.24) is 4.58 Å². The Labute approximate surface area is 467 Å². The minimum Gasteiger partial charge on any atom is -0.478 e. The molecule has 7 aromatic carbocycles. The molecule has 14 nitrogen and oxygen atoms in total. The number of nitrogens with zero attached hydrogens (tertiary/aromatic N) is 3. The zero-order chi connectivity index (χ0) is 59.5. The number of rotatable bonds is 9. The standard InChI is InChI=1S/2C28H23NO3.C2F6NO4S2.C2H6O/c1-3-29(4-2)19-14-15-23-25(17-19)31-24-16-13-18-9-5-6-10-20(18)26(24)28(23)22-12-8-7-11-21(22)27(30)32-28;1-3-29(4-2)19-14-15-23-25(17-19)32-24-16-13-18-9-5-6-10-20(18)27(24)26(23)21-11-7-8-12-22(21)28(30)31;3-1(4,5)14(10,11)9-15(12,13)2(6,7)8;1-2-3/h2*5-17H,3-4H2,1-2H3;;3H,2H2,1H3/q;;-1;/p+1. The molecule has 0 saturated heterocycles. The van der Waals surface area contributed by atoms with E-state index in [1.54, 1.807) is 19.1 Å². The van der Waals surface area contributed by atoms with Crippen LogP contribution in [-0.2, 0) is 30.4 Å². The van der Waals surface area contributed by atoms with Gasteiger partial charge in [-0.05, 0) is 104 Å². The van der Waals surface area contributed by atoms with Crippen LogP contribution in [0.1, 0.15) is 72.0 Å². The van der Waals surface area contributed by atoms with Gasteiger partial charge < -0.3 is 33.1 Å². The number of fused-ring (bicyclic) bond motifs is 12. The lowest BCUT2D eigenvalue weighted by molar-refractivity contribution is -0.0444. The number of halogens is 6. The summed E-state index contributed by atoms with van der Waals surface area (Å²) in [5.74, 6) is 0.939. The third kappa shape index (κ3) is 11.2. The van der Waals surface area contributed by atoms with E-state index in [9.17, 15) is 57.9 Å². The van der Waals surface area contributed by atoms with E-state index in [0.29, 0.717) is 11.1 Å². The summed E-state index contributed by atoms with van der Waals surface area (Å²) in [5.41, 5.74) is -5.65. The molecule has 82 heavy (non-hydrogen) atoms. The number of carbonyl (C=O) groups is 2. The molecule has 0 fully saturated rings. The molecule has 22 heteroatoms. The van der Waals surface area contributed by atoms with Crippen LogP contribution in [0.2, 0.25) is 0 Å². The van der Waals surface area contributed by atoms with E-state index in [1.807, 2.05) is 78.9 Å². The van der Waals surface area contributed by atoms with Gasteiger partial charge in [0.1, 0.15) is 35.9 Å². The van der Waals surface area contributed by atoms with Crippen molar-refractivity contribution in [2.45, 2.75) is 51.2 Å². The summed E-state index contributed by atoms with van der Waals surface area (Å²) in [6.45, 7) is 14.1. The van der Waals surface area contributed by atoms with Crippen molar-refractivity contribution in [1.29, 1.82) is 0 Å². The van der Waals surface area contributed by atoms with E-state index < -0.39 is 42.6 Å². The predicted octanol–water partition coefficient (Wildman–Crippen LogP) is 13.2. The summed E-state index contributed by atoms with van der Waals surface area (Å²) in [5, 5.41) is 23.8. The molecule has 1 unspecified atom stereocenters. The second kappa shape index (κ2) is 23.6. The summed E-state index contributed by atoms with van der Waals surface area (Å²) in [6, 6.07) is 51.7. The molecule has 428 valence electrons. The van der Waals surface area contributed by atoms with E-state index in [1.165, 1.54) is 0 Å². The van der Waals surface area contributed by atoms with Gasteiger partial charge in [0.15, 0.2) is 25.6 Å². The third-order valence-electron chi connectivity index (χ3n) is 13.6. The fourth-order valence-corrected chi connectivity index (χ4v) is 11.8. The maximum absolute atomic E-state index is 13.1. The van der Waals surface area contributed by atoms with Crippen LogP contribution in [0.25, 0.3) is 59.1 Å². The average Bonchev–Trinajstić information content (AvgIpc) is 2.12. The molecule has 1 spiro atoms. The van der Waals surface area contributed by atoms with Crippen LogP contribution in [0.15, 0.2) is 162 Å². The molecular weight excluding hydrogens is 1120 g/mol. The zero-order valence-corrected chi connectivity index (χ0v) is 46.2. The van der Waals surface area contributed by atoms with Gasteiger partial charge in [0, 0.05) is 65.2 Å². The maximum atomic E-state index is 13.1. The molecule has 3 aliphatic heterocycles. The highest BCUT2D eigenvalue weighted by Gasteiger charge is 2.54. The molecule has 11 rings (SSSR count). The maximum Gasteiger partial charge on any atom is 0.480 e. The molecule has 0 aromatic heterocycles. The van der Waals surface area contributed by atoms with Gasteiger partial charge >= 0.3 is 23.0 Å². The molecule has 1 aliphatic carbocycles. The monoisotopic (exact) mass is 1170 g/mol. The Balaban J connectivity index is 0.000000168. The molecular formula is C60H53F6N3O11S2. The number of ether oxygens (including phenoxy) is 2. The van der Waals surface area contributed by atoms with Crippen molar-refractivity contribution < 1.29 is 76.9 Å². The number of carboxylic acid groups (broad SMARTS) is 1. The van der Waals surface area contributed by atoms with Crippen LogP contribution in [0.5, 0.6) is 11.5 Å². The Morgan fingerprint density at radius 1 is 0.634 bits per heavy atom. The van der Waals surface area contributed by atoms with Crippen LogP contribution < -0.4 is 19.6 Å². The first kappa shape index (κ1) is 59.8. The molecule has 0 amide bonds. The highest BCUT2D eigenvalue weighted by atomic mass is 32.3. The largest absolute Gasteiger partial charge is 0.480 e. The summed E-state index contributed by atoms with van der Waals surface area (Å²) in [4.78, 5) is 27.5. The van der Waals surface area contributed by atoms with Crippen LogP contribution in [0, 0.1) is 0 Å². The SMILES string of the molecule is CCN(CC)c1ccc2c(c1)Oc1ccc3ccccc3c1C21OC(=O)c2ccccc21.CCO.CC[N+](CC)=c1ccc2c(-c3ccccc3C(=O)O)c3c(ccc4ccccc43)oc-2c1.O=S(=O)([N-]S(=O)(=O)C(F)(F)F)C(F)(F)F. The molecule has 0 radical (unpaired) electrons. The van der Waals surface area contributed by atoms with Crippen molar-refractivity contribution in [3.63, 3.8) is 0 Å². The molecule has 7 aromatic rings. The van der Waals surface area contributed by atoms with Crippen molar-refractivity contribution in [3.8, 4) is 33.9 Å². The predicted molar refractivity (Wildman–Crippen MR) is 301 cm³/mol. The first-order valence-corrected chi connectivity index (χ1v) is 28.5. The number of esters is 1. The normalized spacial score (nSPS) is 14.5. The fourth-order valence-electron chi connectivity index (χ4n) is 10.0. The Bertz CT molecular complexity index is 4140. The van der Waals surface area contributed by atoms with E-state index in [4.69, 9.17) is 19.0 Å². The quantitative estimate of drug-likeness (QED) is 0.0457. The first-order valence-electron chi connectivity index (χ1n) is 25.6. The minimum absolute atomic E-state index is 0.250. The molecule has 3 heterocycles. The number of hydrogen-bond acceptors (Lipinski definition) is 11. The Morgan fingerprint density at radius 3 is 1.80 bits per heavy atom. The van der Waals surface area contributed by atoms with Gasteiger partial charge in [-0.15, -0.1) is 0 Å². The summed E-state index contributed by atoms with van der Waals surface area (Å²) in [6.07, 6.45) is 0. The van der Waals surface area contributed by atoms with Crippen molar-refractivity contribution >= 4 is 70.2 Å². The number of aliphatic hydroxyl groups excluding tert-OH is 1. The van der Waals surface area contributed by atoms with Gasteiger partial charge in [0.05, 0.1) is 22.8 Å². The van der Waals surface area contributed by atoms with E-state index in [0.717, 1.165) is 119 Å². The van der Waals surface area contributed by atoms with Crippen molar-refractivity contribution in [2.75, 3.05) is 37.7 Å². The minimum atomic E-state index is -6.72. The summed E-state index contributed by atoms with van der Waals surface area (Å²) in [7, 11) is -13.4. The van der Waals surface area contributed by atoms with Crippen LogP contribution in [0.4, 0.5) is 32.0 Å². The smallest absolute Gasteiger partial charge is 0.478 e.